The summed E-state index contributed by atoms with van der Waals surface area (Å²) < 4.78 is 25.0. The molecule has 2 aliphatic rings. The zero-order valence-corrected chi connectivity index (χ0v) is 26.2. The Balaban J connectivity index is 1.52. The van der Waals surface area contributed by atoms with Crippen LogP contribution in [0.25, 0.3) is 33.1 Å². The number of carbonyl (C=O) groups is 1. The zero-order chi connectivity index (χ0) is 31.1. The number of hydrogen-bond acceptors (Lipinski definition) is 6. The third-order valence-electron chi connectivity index (χ3n) is 9.14. The average molecular weight is 636 g/mol. The summed E-state index contributed by atoms with van der Waals surface area (Å²) in [4.78, 5) is 26.0. The first-order chi connectivity index (χ1) is 21.2. The number of fused-ring (bicyclic) bond motifs is 3. The van der Waals surface area contributed by atoms with Crippen LogP contribution >= 0.6 is 23.2 Å². The lowest BCUT2D eigenvalue weighted by molar-refractivity contribution is -0.130. The summed E-state index contributed by atoms with van der Waals surface area (Å²) in [6.45, 7) is 7.30. The molecule has 1 amide bonds. The van der Waals surface area contributed by atoms with Gasteiger partial charge in [-0.1, -0.05) is 41.9 Å². The van der Waals surface area contributed by atoms with Gasteiger partial charge in [-0.3, -0.25) is 4.79 Å². The summed E-state index contributed by atoms with van der Waals surface area (Å²) in [5, 5.41) is 10.8. The molecule has 2 aromatic heterocycles. The smallest absolute Gasteiger partial charge is 0.246 e. The van der Waals surface area contributed by atoms with Crippen molar-refractivity contribution in [3.05, 3.63) is 64.7 Å². The molecule has 0 bridgehead atoms. The van der Waals surface area contributed by atoms with Crippen LogP contribution in [-0.4, -0.2) is 69.1 Å². The van der Waals surface area contributed by atoms with Crippen LogP contribution in [0.4, 0.5) is 4.39 Å². The van der Waals surface area contributed by atoms with Gasteiger partial charge in [0.15, 0.2) is 11.3 Å². The molecule has 11 heteroatoms. The molecule has 2 aliphatic heterocycles. The minimum absolute atomic E-state index is 0.108. The van der Waals surface area contributed by atoms with E-state index in [-0.39, 0.29) is 52.4 Å². The Kier molecular flexibility index (Phi) is 8.51. The van der Waals surface area contributed by atoms with Crippen molar-refractivity contribution in [3.63, 3.8) is 0 Å². The number of benzene rings is 2. The first kappa shape index (κ1) is 30.3. The Hall–Kier alpha value is -3.71. The number of imidazole rings is 1. The minimum Gasteiger partial charge on any atom is -0.474 e. The molecule has 2 saturated heterocycles. The summed E-state index contributed by atoms with van der Waals surface area (Å²) in [6, 6.07) is 9.10. The molecule has 2 aromatic carbocycles. The summed E-state index contributed by atoms with van der Waals surface area (Å²) >= 11 is 13.2. The molecule has 0 radical (unpaired) electrons. The van der Waals surface area contributed by atoms with Crippen molar-refractivity contribution < 1.29 is 13.9 Å². The van der Waals surface area contributed by atoms with E-state index in [0.29, 0.717) is 58.6 Å². The molecular formula is C33H33Cl2FN6O2. The van der Waals surface area contributed by atoms with Gasteiger partial charge in [0, 0.05) is 40.6 Å². The van der Waals surface area contributed by atoms with Crippen molar-refractivity contribution in [1.29, 1.82) is 5.26 Å². The number of halogens is 3. The number of rotatable bonds is 7. The van der Waals surface area contributed by atoms with Crippen molar-refractivity contribution >= 4 is 51.0 Å². The van der Waals surface area contributed by atoms with E-state index in [0.717, 1.165) is 19.4 Å². The lowest BCUT2D eigenvalue weighted by Crippen LogP contribution is -2.45. The standard InChI is InChI=1S/C33H33Cl2FN6O2/c1-4-27(43)41-14-11-21(15-20(41)10-12-37)42-18-38-31-32(42)24-16-26(35)28(23-8-5-9-25(34)19(23)2)29(36)30(24)39-33(31)44-17-22-7-6-13-40(22)3/h4-5,8-9,16,18,20-22H,1,6-7,10-11,13-15,17H2,2-3H3/t20-,21+,22+/m1/s1. The average Bonchev–Trinajstić information content (AvgIpc) is 3.65. The van der Waals surface area contributed by atoms with Crippen LogP contribution in [0.5, 0.6) is 5.88 Å². The predicted molar refractivity (Wildman–Crippen MR) is 171 cm³/mol. The molecule has 4 aromatic rings. The van der Waals surface area contributed by atoms with Crippen LogP contribution in [0.3, 0.4) is 0 Å². The Morgan fingerprint density at radius 3 is 2.77 bits per heavy atom. The maximum atomic E-state index is 16.7. The third-order valence-corrected chi connectivity index (χ3v) is 9.85. The Bertz CT molecular complexity index is 1820. The fraction of sp³-hybridized carbons (Fsp3) is 0.394. The summed E-state index contributed by atoms with van der Waals surface area (Å²) in [7, 11) is 2.07. The first-order valence-electron chi connectivity index (χ1n) is 14.8. The minimum atomic E-state index is -0.566. The van der Waals surface area contributed by atoms with Crippen LogP contribution in [0.2, 0.25) is 10.0 Å². The fourth-order valence-corrected chi connectivity index (χ4v) is 7.16. The third kappa shape index (κ3) is 5.29. The molecule has 2 fully saturated rings. The molecule has 8 nitrogen and oxygen atoms in total. The second-order valence-electron chi connectivity index (χ2n) is 11.6. The molecule has 6 rings (SSSR count). The van der Waals surface area contributed by atoms with Gasteiger partial charge in [0.05, 0.1) is 29.4 Å². The number of aromatic nitrogens is 3. The summed E-state index contributed by atoms with van der Waals surface area (Å²) in [5.74, 6) is -0.502. The first-order valence-corrected chi connectivity index (χ1v) is 15.6. The van der Waals surface area contributed by atoms with E-state index >= 15 is 4.39 Å². The predicted octanol–water partition coefficient (Wildman–Crippen LogP) is 7.11. The largest absolute Gasteiger partial charge is 0.474 e. The highest BCUT2D eigenvalue weighted by atomic mass is 35.5. The molecule has 228 valence electrons. The number of hydrogen-bond donors (Lipinski definition) is 0. The SMILES string of the molecule is C=CC(=O)N1CC[C@H](n2cnc3c(OC[C@@H]4CCCN4C)nc4c(F)c(-c5cccc(Cl)c5C)c(Cl)cc4c32)C[C@H]1CC#N. The molecular weight excluding hydrogens is 602 g/mol. The van der Waals surface area contributed by atoms with Gasteiger partial charge in [0.2, 0.25) is 11.8 Å². The van der Waals surface area contributed by atoms with Crippen LogP contribution in [0.1, 0.15) is 43.7 Å². The van der Waals surface area contributed by atoms with Gasteiger partial charge in [-0.25, -0.2) is 14.4 Å². The van der Waals surface area contributed by atoms with Crippen molar-refractivity contribution in [2.45, 2.75) is 57.2 Å². The molecule has 4 heterocycles. The van der Waals surface area contributed by atoms with Gasteiger partial charge >= 0.3 is 0 Å². The number of likely N-dealkylation sites (tertiary alicyclic amines) is 2. The highest BCUT2D eigenvalue weighted by Crippen LogP contribution is 2.43. The number of likely N-dealkylation sites (N-methyl/N-ethyl adjacent to an activating group) is 1. The second-order valence-corrected chi connectivity index (χ2v) is 12.5. The van der Waals surface area contributed by atoms with Crippen LogP contribution in [0.15, 0.2) is 43.2 Å². The molecule has 0 unspecified atom stereocenters. The van der Waals surface area contributed by atoms with Crippen LogP contribution < -0.4 is 4.74 Å². The number of ether oxygens (including phenoxy) is 1. The maximum absolute atomic E-state index is 16.7. The number of nitriles is 1. The number of pyridine rings is 1. The number of amides is 1. The number of nitrogens with zero attached hydrogens (tertiary/aromatic N) is 6. The monoisotopic (exact) mass is 634 g/mol. The van der Waals surface area contributed by atoms with Crippen LogP contribution in [0, 0.1) is 24.1 Å². The van der Waals surface area contributed by atoms with Gasteiger partial charge < -0.3 is 19.1 Å². The van der Waals surface area contributed by atoms with Gasteiger partial charge in [0.25, 0.3) is 0 Å². The maximum Gasteiger partial charge on any atom is 0.246 e. The quantitative estimate of drug-likeness (QED) is 0.201. The molecule has 0 spiro atoms. The highest BCUT2D eigenvalue weighted by molar-refractivity contribution is 6.35. The van der Waals surface area contributed by atoms with E-state index in [2.05, 4.69) is 24.6 Å². The second kappa shape index (κ2) is 12.4. The van der Waals surface area contributed by atoms with Gasteiger partial charge in [-0.05, 0) is 75.5 Å². The van der Waals surface area contributed by atoms with Gasteiger partial charge in [-0.2, -0.15) is 5.26 Å². The molecule has 0 aliphatic carbocycles. The van der Waals surface area contributed by atoms with E-state index in [1.165, 1.54) is 6.08 Å². The van der Waals surface area contributed by atoms with E-state index in [1.807, 2.05) is 11.5 Å². The van der Waals surface area contributed by atoms with E-state index in [4.69, 9.17) is 37.9 Å². The van der Waals surface area contributed by atoms with Gasteiger partial charge in [0.1, 0.15) is 12.1 Å². The normalized spacial score (nSPS) is 20.7. The number of piperidine rings is 1. The van der Waals surface area contributed by atoms with Crippen molar-refractivity contribution in [2.24, 2.45) is 0 Å². The van der Waals surface area contributed by atoms with Crippen LogP contribution in [-0.2, 0) is 4.79 Å². The molecule has 3 atom stereocenters. The molecule has 44 heavy (non-hydrogen) atoms. The van der Waals surface area contributed by atoms with Gasteiger partial charge in [-0.15, -0.1) is 0 Å². The summed E-state index contributed by atoms with van der Waals surface area (Å²) in [5.41, 5.74) is 2.83. The zero-order valence-electron chi connectivity index (χ0n) is 24.7. The Morgan fingerprint density at radius 1 is 1.23 bits per heavy atom. The number of carbonyl (C=O) groups excluding carboxylic acids is 1. The van der Waals surface area contributed by atoms with E-state index in [9.17, 15) is 10.1 Å². The lowest BCUT2D eigenvalue weighted by Gasteiger charge is -2.38. The molecule has 0 N–H and O–H groups in total. The fourth-order valence-electron chi connectivity index (χ4n) is 6.69. The Labute approximate surface area is 265 Å². The van der Waals surface area contributed by atoms with E-state index < -0.39 is 5.82 Å². The summed E-state index contributed by atoms with van der Waals surface area (Å²) in [6.07, 6.45) is 6.44. The topological polar surface area (TPSA) is 87.3 Å². The van der Waals surface area contributed by atoms with Crippen molar-refractivity contribution in [2.75, 3.05) is 26.7 Å². The molecule has 0 saturated carbocycles. The van der Waals surface area contributed by atoms with Crippen molar-refractivity contribution in [3.8, 4) is 23.1 Å². The van der Waals surface area contributed by atoms with E-state index in [1.54, 1.807) is 35.5 Å². The Morgan fingerprint density at radius 2 is 2.05 bits per heavy atom. The van der Waals surface area contributed by atoms with Crippen molar-refractivity contribution in [1.82, 2.24) is 24.3 Å². The highest BCUT2D eigenvalue weighted by Gasteiger charge is 2.33. The lowest BCUT2D eigenvalue weighted by atomic mass is 9.94.